The number of aromatic nitrogens is 2. The van der Waals surface area contributed by atoms with Crippen LogP contribution in [-0.2, 0) is 23.0 Å². The van der Waals surface area contributed by atoms with Gasteiger partial charge in [0.1, 0.15) is 12.4 Å². The number of carbonyl (C=O) groups is 1. The summed E-state index contributed by atoms with van der Waals surface area (Å²) in [5.74, 6) is 0.685. The number of Topliss-reactive ketones (excluding diaryl/α,β-unsaturated/α-hetero) is 1. The third-order valence-corrected chi connectivity index (χ3v) is 2.97. The first kappa shape index (κ1) is 9.41. The van der Waals surface area contributed by atoms with Crippen LogP contribution in [0.1, 0.15) is 5.56 Å². The van der Waals surface area contributed by atoms with Crippen LogP contribution in [0, 0.1) is 0 Å². The predicted molar refractivity (Wildman–Crippen MR) is 56.2 cm³/mol. The van der Waals surface area contributed by atoms with E-state index in [2.05, 4.69) is 10.4 Å². The molecule has 1 aromatic rings. The summed E-state index contributed by atoms with van der Waals surface area (Å²) in [5, 5.41) is 5.75. The van der Waals surface area contributed by atoms with E-state index in [0.717, 1.165) is 11.5 Å². The first-order valence-corrected chi connectivity index (χ1v) is 5.04. The molecule has 3 heterocycles. The van der Waals surface area contributed by atoms with Gasteiger partial charge in [-0.15, -0.1) is 0 Å². The average molecular weight is 221 g/mol. The Morgan fingerprint density at radius 2 is 2.12 bits per heavy atom. The molecular formula is C10H11N3O3. The van der Waals surface area contributed by atoms with Gasteiger partial charge in [-0.2, -0.15) is 0 Å². The van der Waals surface area contributed by atoms with Gasteiger partial charge in [0, 0.05) is 24.7 Å². The number of hydrogen-bond acceptors (Lipinski definition) is 4. The highest BCUT2D eigenvalue weighted by Crippen LogP contribution is 2.27. The van der Waals surface area contributed by atoms with Gasteiger partial charge in [0.25, 0.3) is 5.56 Å². The van der Waals surface area contributed by atoms with Crippen molar-refractivity contribution < 1.29 is 9.53 Å². The van der Waals surface area contributed by atoms with Crippen LogP contribution in [0.4, 0.5) is 5.82 Å². The molecule has 6 nitrogen and oxygen atoms in total. The van der Waals surface area contributed by atoms with Gasteiger partial charge in [-0.1, -0.05) is 0 Å². The minimum absolute atomic E-state index is 0.0392. The highest BCUT2D eigenvalue weighted by atomic mass is 16.5. The van der Waals surface area contributed by atoms with Crippen molar-refractivity contribution in [2.45, 2.75) is 6.42 Å². The molecule has 6 heteroatoms. The van der Waals surface area contributed by atoms with E-state index in [0.29, 0.717) is 24.2 Å². The van der Waals surface area contributed by atoms with E-state index in [1.807, 2.05) is 0 Å². The van der Waals surface area contributed by atoms with Crippen LogP contribution in [0.3, 0.4) is 0 Å². The summed E-state index contributed by atoms with van der Waals surface area (Å²) in [4.78, 5) is 23.2. The molecular weight excluding hydrogens is 210 g/mol. The molecule has 0 bridgehead atoms. The van der Waals surface area contributed by atoms with Crippen molar-refractivity contribution in [3.8, 4) is 0 Å². The van der Waals surface area contributed by atoms with Crippen LogP contribution in [-0.4, -0.2) is 28.8 Å². The Hall–Kier alpha value is -1.82. The topological polar surface area (TPSA) is 76.1 Å². The van der Waals surface area contributed by atoms with Crippen molar-refractivity contribution in [2.24, 2.45) is 7.05 Å². The maximum absolute atomic E-state index is 11.6. The molecule has 0 radical (unpaired) electrons. The van der Waals surface area contributed by atoms with Gasteiger partial charge in [0.2, 0.25) is 0 Å². The van der Waals surface area contributed by atoms with E-state index >= 15 is 0 Å². The number of hydrogen-bond donors (Lipinski definition) is 2. The van der Waals surface area contributed by atoms with Crippen LogP contribution in [0.15, 0.2) is 16.1 Å². The van der Waals surface area contributed by atoms with Gasteiger partial charge in [-0.3, -0.25) is 19.4 Å². The van der Waals surface area contributed by atoms with E-state index in [1.54, 1.807) is 11.7 Å². The molecule has 84 valence electrons. The fourth-order valence-electron chi connectivity index (χ4n) is 2.13. The van der Waals surface area contributed by atoms with E-state index in [1.165, 1.54) is 0 Å². The highest BCUT2D eigenvalue weighted by molar-refractivity contribution is 5.99. The number of aromatic amines is 1. The van der Waals surface area contributed by atoms with Crippen LogP contribution in [0.5, 0.6) is 0 Å². The standard InChI is InChI=1S/C10H11N3O3/c1-13-9-6(10(15)12-13)2-5-7(11-9)3-16-4-8(5)14/h11H,2-4H2,1H3,(H,12,15). The lowest BCUT2D eigenvalue weighted by atomic mass is 9.97. The second-order valence-corrected chi connectivity index (χ2v) is 4.00. The SMILES string of the molecule is Cn1[nH]c(=O)c2c1NC1=C(C2)C(=O)COC1. The lowest BCUT2D eigenvalue weighted by molar-refractivity contribution is -0.120. The fourth-order valence-corrected chi connectivity index (χ4v) is 2.13. The number of rotatable bonds is 0. The zero-order valence-electron chi connectivity index (χ0n) is 8.79. The summed E-state index contributed by atoms with van der Waals surface area (Å²) >= 11 is 0. The number of carbonyl (C=O) groups excluding carboxylic acids is 1. The van der Waals surface area contributed by atoms with Gasteiger partial charge in [0.05, 0.1) is 12.2 Å². The van der Waals surface area contributed by atoms with Crippen molar-refractivity contribution in [1.82, 2.24) is 9.78 Å². The maximum Gasteiger partial charge on any atom is 0.269 e. The van der Waals surface area contributed by atoms with Crippen LogP contribution >= 0.6 is 0 Å². The Bertz CT molecular complexity index is 564. The largest absolute Gasteiger partial charge is 0.367 e. The third-order valence-electron chi connectivity index (χ3n) is 2.97. The van der Waals surface area contributed by atoms with Crippen molar-refractivity contribution in [2.75, 3.05) is 18.5 Å². The summed E-state index contributed by atoms with van der Waals surface area (Å²) in [5.41, 5.74) is 1.93. The van der Waals surface area contributed by atoms with E-state index in [-0.39, 0.29) is 17.9 Å². The molecule has 0 fully saturated rings. The number of ether oxygens (including phenoxy) is 1. The molecule has 0 saturated heterocycles. The maximum atomic E-state index is 11.6. The molecule has 2 aliphatic rings. The quantitative estimate of drug-likeness (QED) is 0.621. The summed E-state index contributed by atoms with van der Waals surface area (Å²) < 4.78 is 6.77. The van der Waals surface area contributed by atoms with E-state index in [9.17, 15) is 9.59 Å². The lowest BCUT2D eigenvalue weighted by Crippen LogP contribution is -2.30. The molecule has 3 rings (SSSR count). The Balaban J connectivity index is 2.12. The van der Waals surface area contributed by atoms with E-state index < -0.39 is 0 Å². The molecule has 1 aromatic heterocycles. The van der Waals surface area contributed by atoms with Crippen LogP contribution in [0.25, 0.3) is 0 Å². The normalized spacial score (nSPS) is 19.2. The number of fused-ring (bicyclic) bond motifs is 1. The Labute approximate surface area is 90.9 Å². The second kappa shape index (κ2) is 3.08. The number of aryl methyl sites for hydroxylation is 1. The number of nitrogens with one attached hydrogen (secondary N) is 2. The van der Waals surface area contributed by atoms with Crippen LogP contribution in [0.2, 0.25) is 0 Å². The summed E-state index contributed by atoms with van der Waals surface area (Å²) in [6, 6.07) is 0. The minimum Gasteiger partial charge on any atom is -0.367 e. The second-order valence-electron chi connectivity index (χ2n) is 4.00. The van der Waals surface area contributed by atoms with Crippen molar-refractivity contribution >= 4 is 11.6 Å². The van der Waals surface area contributed by atoms with E-state index in [4.69, 9.17) is 4.74 Å². The monoisotopic (exact) mass is 221 g/mol. The molecule has 2 N–H and O–H groups in total. The number of anilines is 1. The molecule has 0 unspecified atom stereocenters. The Morgan fingerprint density at radius 3 is 2.94 bits per heavy atom. The molecule has 0 atom stereocenters. The zero-order valence-corrected chi connectivity index (χ0v) is 8.79. The molecule has 0 aromatic carbocycles. The van der Waals surface area contributed by atoms with Gasteiger partial charge in [-0.05, 0) is 0 Å². The predicted octanol–water partition coefficient (Wildman–Crippen LogP) is -0.465. The molecule has 0 amide bonds. The number of nitrogens with zero attached hydrogens (tertiary/aromatic N) is 1. The average Bonchev–Trinajstić information content (AvgIpc) is 2.53. The minimum atomic E-state index is -0.143. The third kappa shape index (κ3) is 1.16. The van der Waals surface area contributed by atoms with Gasteiger partial charge in [0.15, 0.2) is 5.78 Å². The summed E-state index contributed by atoms with van der Waals surface area (Å²) in [6.07, 6.45) is 0.399. The summed E-state index contributed by atoms with van der Waals surface area (Å²) in [6.45, 7) is 0.514. The Kier molecular flexibility index (Phi) is 1.81. The van der Waals surface area contributed by atoms with Gasteiger partial charge < -0.3 is 10.1 Å². The Morgan fingerprint density at radius 1 is 1.31 bits per heavy atom. The molecule has 2 aliphatic heterocycles. The number of ketones is 1. The first-order valence-electron chi connectivity index (χ1n) is 5.04. The molecule has 0 spiro atoms. The van der Waals surface area contributed by atoms with Crippen LogP contribution < -0.4 is 10.9 Å². The smallest absolute Gasteiger partial charge is 0.269 e. The first-order chi connectivity index (χ1) is 7.66. The molecule has 16 heavy (non-hydrogen) atoms. The van der Waals surface area contributed by atoms with Crippen molar-refractivity contribution in [3.63, 3.8) is 0 Å². The summed E-state index contributed by atoms with van der Waals surface area (Å²) in [7, 11) is 1.75. The highest BCUT2D eigenvalue weighted by Gasteiger charge is 2.29. The molecule has 0 aliphatic carbocycles. The van der Waals surface area contributed by atoms with Gasteiger partial charge >= 0.3 is 0 Å². The molecule has 0 saturated carbocycles. The number of H-pyrrole nitrogens is 1. The van der Waals surface area contributed by atoms with Crippen molar-refractivity contribution in [1.29, 1.82) is 0 Å². The van der Waals surface area contributed by atoms with Gasteiger partial charge in [-0.25, -0.2) is 0 Å². The zero-order chi connectivity index (χ0) is 11.3. The lowest BCUT2D eigenvalue weighted by Gasteiger charge is -2.25. The fraction of sp³-hybridized carbons (Fsp3) is 0.400. The van der Waals surface area contributed by atoms with Crippen molar-refractivity contribution in [3.05, 3.63) is 27.2 Å².